The fourth-order valence-electron chi connectivity index (χ4n) is 3.09. The Hall–Kier alpha value is -2.23. The fourth-order valence-corrected chi connectivity index (χ4v) is 4.24. The quantitative estimate of drug-likeness (QED) is 0.772. The van der Waals surface area contributed by atoms with Crippen molar-refractivity contribution in [3.05, 3.63) is 42.2 Å². The topological polar surface area (TPSA) is 102 Å². The second-order valence-electron chi connectivity index (χ2n) is 6.50. The lowest BCUT2D eigenvalue weighted by Crippen LogP contribution is -2.32. The van der Waals surface area contributed by atoms with E-state index in [4.69, 9.17) is 14.6 Å². The molecule has 1 aromatic heterocycles. The lowest BCUT2D eigenvalue weighted by molar-refractivity contribution is -0.122. The molecule has 1 saturated heterocycles. The summed E-state index contributed by atoms with van der Waals surface area (Å²) in [5.74, 6) is 0.848. The van der Waals surface area contributed by atoms with E-state index in [2.05, 4.69) is 9.55 Å². The number of carboxylic acid groups (broad SMARTS) is 1. The van der Waals surface area contributed by atoms with Gasteiger partial charge in [0.25, 0.3) is 6.47 Å². The Morgan fingerprint density at radius 1 is 1.33 bits per heavy atom. The number of sulfonamides is 1. The molecule has 9 heteroatoms. The highest BCUT2D eigenvalue weighted by atomic mass is 32.2. The lowest BCUT2D eigenvalue weighted by Gasteiger charge is -2.23. The van der Waals surface area contributed by atoms with Gasteiger partial charge in [-0.05, 0) is 12.5 Å². The number of imidazole rings is 1. The van der Waals surface area contributed by atoms with Crippen molar-refractivity contribution in [2.24, 2.45) is 5.92 Å². The number of benzene rings is 1. The Kier molecular flexibility index (Phi) is 7.11. The third kappa shape index (κ3) is 4.94. The number of rotatable bonds is 5. The zero-order valence-electron chi connectivity index (χ0n) is 15.6. The van der Waals surface area contributed by atoms with E-state index in [1.165, 1.54) is 4.31 Å². The number of ether oxygens (including phenoxy) is 1. The van der Waals surface area contributed by atoms with Gasteiger partial charge in [0.15, 0.2) is 0 Å². The Morgan fingerprint density at radius 3 is 2.63 bits per heavy atom. The maximum Gasteiger partial charge on any atom is 0.290 e. The second kappa shape index (κ2) is 9.12. The SMILES string of the molecule is Cc1ccccc1-c1nccn1[C@@H]1COC[C@H]1CS(=O)(=O)N(C)C.O=CO. The van der Waals surface area contributed by atoms with Crippen molar-refractivity contribution >= 4 is 16.5 Å². The molecule has 0 unspecified atom stereocenters. The Morgan fingerprint density at radius 2 is 2.00 bits per heavy atom. The third-order valence-corrected chi connectivity index (χ3v) is 6.52. The average molecular weight is 395 g/mol. The average Bonchev–Trinajstić information content (AvgIpc) is 3.24. The molecule has 8 nitrogen and oxygen atoms in total. The van der Waals surface area contributed by atoms with Crippen LogP contribution in [0.2, 0.25) is 0 Å². The molecule has 27 heavy (non-hydrogen) atoms. The molecule has 1 aromatic carbocycles. The van der Waals surface area contributed by atoms with Crippen LogP contribution in [-0.4, -0.2) is 66.9 Å². The van der Waals surface area contributed by atoms with Crippen LogP contribution in [0.5, 0.6) is 0 Å². The normalized spacial score (nSPS) is 19.6. The molecule has 1 fully saturated rings. The smallest absolute Gasteiger partial charge is 0.290 e. The number of aryl methyl sites for hydroxylation is 1. The van der Waals surface area contributed by atoms with Crippen molar-refractivity contribution in [1.29, 1.82) is 0 Å². The number of carbonyl (C=O) groups is 1. The predicted octanol–water partition coefficient (Wildman–Crippen LogP) is 1.64. The van der Waals surface area contributed by atoms with Gasteiger partial charge < -0.3 is 14.4 Å². The molecule has 2 atom stereocenters. The van der Waals surface area contributed by atoms with Crippen LogP contribution in [0, 0.1) is 12.8 Å². The van der Waals surface area contributed by atoms with Crippen LogP contribution in [-0.2, 0) is 19.6 Å². The molecule has 0 amide bonds. The minimum Gasteiger partial charge on any atom is -0.483 e. The fraction of sp³-hybridized carbons (Fsp3) is 0.444. The van der Waals surface area contributed by atoms with Crippen molar-refractivity contribution in [2.45, 2.75) is 13.0 Å². The maximum absolute atomic E-state index is 12.3. The van der Waals surface area contributed by atoms with Crippen molar-refractivity contribution in [3.8, 4) is 11.4 Å². The number of aromatic nitrogens is 2. The van der Waals surface area contributed by atoms with Crippen molar-refractivity contribution in [2.75, 3.05) is 33.1 Å². The molecule has 1 aliphatic rings. The van der Waals surface area contributed by atoms with Crippen LogP contribution in [0.25, 0.3) is 11.4 Å². The Balaban J connectivity index is 0.000000817. The molecule has 3 rings (SSSR count). The van der Waals surface area contributed by atoms with E-state index in [0.717, 1.165) is 17.0 Å². The van der Waals surface area contributed by atoms with Gasteiger partial charge in [-0.15, -0.1) is 0 Å². The summed E-state index contributed by atoms with van der Waals surface area (Å²) >= 11 is 0. The minimum atomic E-state index is -3.27. The molecular weight excluding hydrogens is 370 g/mol. The Labute approximate surface area is 159 Å². The first kappa shape index (κ1) is 21.1. The van der Waals surface area contributed by atoms with Crippen LogP contribution >= 0.6 is 0 Å². The third-order valence-electron chi connectivity index (χ3n) is 4.56. The van der Waals surface area contributed by atoms with Gasteiger partial charge in [-0.2, -0.15) is 0 Å². The van der Waals surface area contributed by atoms with Crippen molar-refractivity contribution in [3.63, 3.8) is 0 Å². The first-order chi connectivity index (χ1) is 12.8. The van der Waals surface area contributed by atoms with Gasteiger partial charge in [0.05, 0.1) is 25.0 Å². The van der Waals surface area contributed by atoms with E-state index in [-0.39, 0.29) is 24.2 Å². The van der Waals surface area contributed by atoms with Crippen LogP contribution in [0.15, 0.2) is 36.7 Å². The minimum absolute atomic E-state index is 0.0307. The van der Waals surface area contributed by atoms with Crippen LogP contribution in [0.3, 0.4) is 0 Å². The van der Waals surface area contributed by atoms with Gasteiger partial charge in [0.1, 0.15) is 5.82 Å². The second-order valence-corrected chi connectivity index (χ2v) is 8.73. The summed E-state index contributed by atoms with van der Waals surface area (Å²) in [6.45, 7) is 2.75. The first-order valence-electron chi connectivity index (χ1n) is 8.46. The summed E-state index contributed by atoms with van der Waals surface area (Å²) in [6.07, 6.45) is 3.67. The Bertz CT molecular complexity index is 863. The number of hydrogen-bond acceptors (Lipinski definition) is 5. The van der Waals surface area contributed by atoms with Crippen molar-refractivity contribution in [1.82, 2.24) is 13.9 Å². The van der Waals surface area contributed by atoms with Crippen molar-refractivity contribution < 1.29 is 23.1 Å². The summed E-state index contributed by atoms with van der Waals surface area (Å²) in [6, 6.07) is 8.04. The largest absolute Gasteiger partial charge is 0.483 e. The van der Waals surface area contributed by atoms with E-state index in [1.807, 2.05) is 37.4 Å². The van der Waals surface area contributed by atoms with E-state index in [1.54, 1.807) is 20.3 Å². The molecule has 0 bridgehead atoms. The molecule has 0 spiro atoms. The molecule has 0 radical (unpaired) electrons. The monoisotopic (exact) mass is 395 g/mol. The summed E-state index contributed by atoms with van der Waals surface area (Å²) < 4.78 is 33.5. The van der Waals surface area contributed by atoms with Gasteiger partial charge in [-0.3, -0.25) is 4.79 Å². The van der Waals surface area contributed by atoms with Crippen LogP contribution in [0.1, 0.15) is 11.6 Å². The van der Waals surface area contributed by atoms with Gasteiger partial charge in [-0.25, -0.2) is 17.7 Å². The van der Waals surface area contributed by atoms with Gasteiger partial charge in [0, 0.05) is 38.0 Å². The predicted molar refractivity (Wildman–Crippen MR) is 102 cm³/mol. The highest BCUT2D eigenvalue weighted by molar-refractivity contribution is 7.89. The molecule has 1 N–H and O–H groups in total. The first-order valence-corrected chi connectivity index (χ1v) is 10.1. The van der Waals surface area contributed by atoms with E-state index < -0.39 is 10.0 Å². The molecule has 0 saturated carbocycles. The molecule has 1 aliphatic heterocycles. The van der Waals surface area contributed by atoms with Crippen LogP contribution < -0.4 is 0 Å². The highest BCUT2D eigenvalue weighted by Gasteiger charge is 2.35. The number of hydrogen-bond donors (Lipinski definition) is 1. The molecule has 0 aliphatic carbocycles. The highest BCUT2D eigenvalue weighted by Crippen LogP contribution is 2.32. The maximum atomic E-state index is 12.3. The molecule has 2 aromatic rings. The standard InChI is InChI=1S/C17H23N3O3S.CH2O2/c1-13-6-4-5-7-15(13)17-18-8-9-20(17)16-11-23-10-14(16)12-24(21,22)19(2)3;2-1-3/h4-9,14,16H,10-12H2,1-3H3;1H,(H,2,3)/t14-,16+;/m0./s1. The van der Waals surface area contributed by atoms with Gasteiger partial charge in [0.2, 0.25) is 10.0 Å². The van der Waals surface area contributed by atoms with Crippen LogP contribution in [0.4, 0.5) is 0 Å². The number of nitrogens with zero attached hydrogens (tertiary/aromatic N) is 3. The van der Waals surface area contributed by atoms with E-state index in [9.17, 15) is 8.42 Å². The summed E-state index contributed by atoms with van der Waals surface area (Å²) in [5.41, 5.74) is 2.20. The zero-order chi connectivity index (χ0) is 20.0. The van der Waals surface area contributed by atoms with E-state index in [0.29, 0.717) is 13.2 Å². The molecular formula is C18H25N3O5S. The summed E-state index contributed by atoms with van der Waals surface area (Å²) in [4.78, 5) is 12.9. The lowest BCUT2D eigenvalue weighted by atomic mass is 10.0. The van der Waals surface area contributed by atoms with Gasteiger partial charge in [-0.1, -0.05) is 24.3 Å². The summed E-state index contributed by atoms with van der Waals surface area (Å²) in [7, 11) is -0.140. The molecule has 2 heterocycles. The van der Waals surface area contributed by atoms with E-state index >= 15 is 0 Å². The van der Waals surface area contributed by atoms with Gasteiger partial charge >= 0.3 is 0 Å². The summed E-state index contributed by atoms with van der Waals surface area (Å²) in [5, 5.41) is 6.89. The zero-order valence-corrected chi connectivity index (χ0v) is 16.5. The molecule has 148 valence electrons.